The molecule has 0 unspecified atom stereocenters. The summed E-state index contributed by atoms with van der Waals surface area (Å²) in [5.74, 6) is 2.31. The predicted molar refractivity (Wildman–Crippen MR) is 108 cm³/mol. The van der Waals surface area contributed by atoms with Gasteiger partial charge in [-0.1, -0.05) is 6.07 Å². The van der Waals surface area contributed by atoms with Crippen molar-refractivity contribution in [1.82, 2.24) is 0 Å². The summed E-state index contributed by atoms with van der Waals surface area (Å²) < 4.78 is 21.7. The Morgan fingerprint density at radius 3 is 1.90 bits per heavy atom. The summed E-state index contributed by atoms with van der Waals surface area (Å²) in [4.78, 5) is 0. The second-order valence-corrected chi connectivity index (χ2v) is 6.74. The van der Waals surface area contributed by atoms with Crippen LogP contribution in [0.4, 0.5) is 0 Å². The Labute approximate surface area is 170 Å². The molecule has 0 amide bonds. The molecule has 1 aliphatic rings. The van der Waals surface area contributed by atoms with E-state index in [-0.39, 0.29) is 6.42 Å². The fourth-order valence-electron chi connectivity index (χ4n) is 3.77. The number of nitriles is 2. The van der Waals surface area contributed by atoms with Crippen LogP contribution in [0, 0.1) is 28.1 Å². The quantitative estimate of drug-likeness (QED) is 0.763. The van der Waals surface area contributed by atoms with Gasteiger partial charge in [0.25, 0.3) is 0 Å². The van der Waals surface area contributed by atoms with Crippen molar-refractivity contribution in [1.29, 1.82) is 10.5 Å². The van der Waals surface area contributed by atoms with Gasteiger partial charge < -0.3 is 18.9 Å². The average Bonchev–Trinajstić information content (AvgIpc) is 2.77. The van der Waals surface area contributed by atoms with Gasteiger partial charge in [-0.25, -0.2) is 0 Å². The first-order valence-corrected chi connectivity index (χ1v) is 9.00. The molecule has 0 atom stereocenters. The van der Waals surface area contributed by atoms with Crippen LogP contribution in [0.3, 0.4) is 0 Å². The van der Waals surface area contributed by atoms with E-state index < -0.39 is 5.41 Å². The Balaban J connectivity index is 2.36. The Hall–Kier alpha value is -3.64. The normalized spacial score (nSPS) is 14.3. The maximum atomic E-state index is 9.91. The van der Waals surface area contributed by atoms with Crippen molar-refractivity contribution in [2.75, 3.05) is 28.4 Å². The summed E-state index contributed by atoms with van der Waals surface area (Å²) >= 11 is 0. The molecule has 0 spiro atoms. The monoisotopic (exact) mass is 390 g/mol. The van der Waals surface area contributed by atoms with Crippen molar-refractivity contribution in [2.24, 2.45) is 5.41 Å². The number of methoxy groups -OCH3 is 4. The highest BCUT2D eigenvalue weighted by Crippen LogP contribution is 2.48. The van der Waals surface area contributed by atoms with E-state index in [4.69, 9.17) is 18.9 Å². The second-order valence-electron chi connectivity index (χ2n) is 6.74. The van der Waals surface area contributed by atoms with Crippen LogP contribution in [0.2, 0.25) is 0 Å². The number of nitrogens with zero attached hydrogens (tertiary/aromatic N) is 2. The highest BCUT2D eigenvalue weighted by molar-refractivity contribution is 5.88. The van der Waals surface area contributed by atoms with Crippen molar-refractivity contribution in [3.63, 3.8) is 0 Å². The summed E-state index contributed by atoms with van der Waals surface area (Å²) in [5.41, 5.74) is 2.79. The molecule has 0 radical (unpaired) electrons. The Morgan fingerprint density at radius 1 is 0.793 bits per heavy atom. The molecular formula is C23H22N2O4. The van der Waals surface area contributed by atoms with Gasteiger partial charge in [-0.05, 0) is 59.0 Å². The zero-order chi connectivity index (χ0) is 21.2. The van der Waals surface area contributed by atoms with Crippen LogP contribution in [0.5, 0.6) is 23.0 Å². The number of rotatable bonds is 5. The molecule has 6 heteroatoms. The van der Waals surface area contributed by atoms with E-state index in [1.807, 2.05) is 37.3 Å². The van der Waals surface area contributed by atoms with Crippen molar-refractivity contribution in [2.45, 2.75) is 13.3 Å². The lowest BCUT2D eigenvalue weighted by molar-refractivity contribution is 0.354. The van der Waals surface area contributed by atoms with Gasteiger partial charge in [0.15, 0.2) is 28.4 Å². The topological polar surface area (TPSA) is 84.5 Å². The Kier molecular flexibility index (Phi) is 5.39. The number of fused-ring (bicyclic) bond motifs is 1. The fraction of sp³-hybridized carbons (Fsp3) is 0.304. The van der Waals surface area contributed by atoms with Crippen molar-refractivity contribution < 1.29 is 18.9 Å². The number of ether oxygens (including phenoxy) is 4. The van der Waals surface area contributed by atoms with Gasteiger partial charge in [0, 0.05) is 6.42 Å². The fourth-order valence-corrected chi connectivity index (χ4v) is 3.77. The molecule has 2 aromatic carbocycles. The van der Waals surface area contributed by atoms with E-state index in [0.29, 0.717) is 28.6 Å². The van der Waals surface area contributed by atoms with E-state index in [1.165, 1.54) is 0 Å². The minimum atomic E-state index is -1.27. The molecule has 6 nitrogen and oxygen atoms in total. The van der Waals surface area contributed by atoms with Crippen molar-refractivity contribution in [3.05, 3.63) is 52.6 Å². The lowest BCUT2D eigenvalue weighted by atomic mass is 9.68. The van der Waals surface area contributed by atoms with Gasteiger partial charge in [0.05, 0.1) is 40.6 Å². The number of benzene rings is 2. The largest absolute Gasteiger partial charge is 0.493 e. The van der Waals surface area contributed by atoms with E-state index in [2.05, 4.69) is 12.1 Å². The number of hydrogen-bond acceptors (Lipinski definition) is 6. The first kappa shape index (κ1) is 20.1. The lowest BCUT2D eigenvalue weighted by Gasteiger charge is -2.31. The van der Waals surface area contributed by atoms with Gasteiger partial charge in [-0.2, -0.15) is 10.5 Å². The molecule has 3 rings (SSSR count). The van der Waals surface area contributed by atoms with Gasteiger partial charge in [0.2, 0.25) is 0 Å². The summed E-state index contributed by atoms with van der Waals surface area (Å²) in [6.45, 7) is 1.83. The minimum absolute atomic E-state index is 0.276. The van der Waals surface area contributed by atoms with Crippen molar-refractivity contribution >= 4 is 5.57 Å². The maximum absolute atomic E-state index is 9.91. The molecule has 0 heterocycles. The Morgan fingerprint density at radius 2 is 1.34 bits per heavy atom. The molecule has 0 saturated carbocycles. The highest BCUT2D eigenvalue weighted by atomic mass is 16.5. The van der Waals surface area contributed by atoms with E-state index in [1.54, 1.807) is 28.4 Å². The number of hydrogen-bond donors (Lipinski definition) is 0. The number of allylic oxidation sites excluding steroid dienone is 1. The molecule has 1 aliphatic carbocycles. The van der Waals surface area contributed by atoms with Crippen LogP contribution < -0.4 is 18.9 Å². The summed E-state index contributed by atoms with van der Waals surface area (Å²) in [6.07, 6.45) is 0.276. The maximum Gasteiger partial charge on any atom is 0.169 e. The molecule has 0 saturated heterocycles. The molecule has 0 aromatic heterocycles. The smallest absolute Gasteiger partial charge is 0.169 e. The van der Waals surface area contributed by atoms with Crippen LogP contribution in [0.25, 0.3) is 5.57 Å². The van der Waals surface area contributed by atoms with Gasteiger partial charge in [-0.3, -0.25) is 0 Å². The second kappa shape index (κ2) is 7.77. The molecule has 0 aliphatic heterocycles. The molecule has 2 aromatic rings. The standard InChI is InChI=1S/C23H22N2O4/c1-14-22(15-6-7-18(26-2)19(8-15)27-3)17-10-21(29-5)20(28-4)9-16(17)11-23(14,12-24)13-25/h6-10H,11H2,1-5H3. The van der Waals surface area contributed by atoms with Crippen LogP contribution in [0.15, 0.2) is 35.9 Å². The third-order valence-electron chi connectivity index (χ3n) is 5.40. The van der Waals surface area contributed by atoms with Crippen LogP contribution >= 0.6 is 0 Å². The molecule has 148 valence electrons. The zero-order valence-electron chi connectivity index (χ0n) is 17.1. The molecule has 0 N–H and O–H groups in total. The van der Waals surface area contributed by atoms with E-state index >= 15 is 0 Å². The third kappa shape index (κ3) is 3.13. The molecular weight excluding hydrogens is 368 g/mol. The lowest BCUT2D eigenvalue weighted by Crippen LogP contribution is -2.27. The highest BCUT2D eigenvalue weighted by Gasteiger charge is 2.40. The Bertz CT molecular complexity index is 1060. The van der Waals surface area contributed by atoms with Gasteiger partial charge in [0.1, 0.15) is 0 Å². The summed E-state index contributed by atoms with van der Waals surface area (Å²) in [5, 5.41) is 19.8. The SMILES string of the molecule is COc1ccc(C2=C(C)C(C#N)(C#N)Cc3cc(OC)c(OC)cc32)cc1OC. The molecule has 29 heavy (non-hydrogen) atoms. The van der Waals surface area contributed by atoms with E-state index in [9.17, 15) is 10.5 Å². The minimum Gasteiger partial charge on any atom is -0.493 e. The molecule has 0 fully saturated rings. The van der Waals surface area contributed by atoms with Gasteiger partial charge in [-0.15, -0.1) is 0 Å². The van der Waals surface area contributed by atoms with Crippen LogP contribution in [0.1, 0.15) is 23.6 Å². The molecule has 0 bridgehead atoms. The van der Waals surface area contributed by atoms with Crippen LogP contribution in [-0.2, 0) is 6.42 Å². The average molecular weight is 390 g/mol. The van der Waals surface area contributed by atoms with Crippen molar-refractivity contribution in [3.8, 4) is 35.1 Å². The van der Waals surface area contributed by atoms with E-state index in [0.717, 1.165) is 22.3 Å². The summed E-state index contributed by atoms with van der Waals surface area (Å²) in [7, 11) is 6.28. The first-order valence-electron chi connectivity index (χ1n) is 9.00. The third-order valence-corrected chi connectivity index (χ3v) is 5.40. The first-order chi connectivity index (χ1) is 14.0. The zero-order valence-corrected chi connectivity index (χ0v) is 17.1. The van der Waals surface area contributed by atoms with Crippen LogP contribution in [-0.4, -0.2) is 28.4 Å². The predicted octanol–water partition coefficient (Wildman–Crippen LogP) is 4.13. The van der Waals surface area contributed by atoms with Gasteiger partial charge >= 0.3 is 0 Å². The summed E-state index contributed by atoms with van der Waals surface area (Å²) in [6, 6.07) is 13.7.